The van der Waals surface area contributed by atoms with Crippen molar-refractivity contribution in [3.05, 3.63) is 93.0 Å². The Morgan fingerprint density at radius 2 is 1.63 bits per heavy atom. The van der Waals surface area contributed by atoms with E-state index in [0.717, 1.165) is 16.4 Å². The summed E-state index contributed by atoms with van der Waals surface area (Å²) in [5.41, 5.74) is -4.88. The lowest BCUT2D eigenvalue weighted by atomic mass is 9.93. The average Bonchev–Trinajstić information content (AvgIpc) is 3.90. The minimum Gasteiger partial charge on any atom is -0.394 e. The van der Waals surface area contributed by atoms with Crippen molar-refractivity contribution in [2.45, 2.75) is 81.3 Å². The molecule has 1 aliphatic carbocycles. The fraction of sp³-hybridized carbons (Fsp3) is 0.405. The van der Waals surface area contributed by atoms with E-state index in [9.17, 15) is 59.1 Å². The van der Waals surface area contributed by atoms with Crippen LogP contribution in [0.1, 0.15) is 60.2 Å². The third-order valence-electron chi connectivity index (χ3n) is 10.6. The van der Waals surface area contributed by atoms with Gasteiger partial charge in [-0.15, -0.1) is 0 Å². The van der Waals surface area contributed by atoms with Crippen LogP contribution in [0, 0.1) is 23.5 Å². The molecule has 0 bridgehead atoms. The molecule has 366 valence electrons. The first-order chi connectivity index (χ1) is 31.7. The van der Waals surface area contributed by atoms with Crippen LogP contribution in [0.3, 0.4) is 0 Å². The van der Waals surface area contributed by atoms with Gasteiger partial charge >= 0.3 is 18.4 Å². The number of halogens is 11. The highest BCUT2D eigenvalue weighted by Gasteiger charge is 2.50. The molecule has 0 aliphatic heterocycles. The molecule has 0 saturated carbocycles. The number of hydrogen-bond donors (Lipinski definition) is 4. The van der Waals surface area contributed by atoms with E-state index >= 15 is 8.78 Å². The van der Waals surface area contributed by atoms with Gasteiger partial charge in [-0.2, -0.15) is 45.3 Å². The van der Waals surface area contributed by atoms with Crippen molar-refractivity contribution >= 4 is 63.0 Å². The molecule has 4 N–H and O–H groups in total. The van der Waals surface area contributed by atoms with Gasteiger partial charge in [0.05, 0.1) is 46.9 Å². The molecule has 2 aromatic carbocycles. The number of benzene rings is 2. The summed E-state index contributed by atoms with van der Waals surface area (Å²) in [5.74, 6) is -2.16. The van der Waals surface area contributed by atoms with Gasteiger partial charge in [0.15, 0.2) is 11.5 Å². The molecule has 1 aliphatic rings. The third kappa shape index (κ3) is 11.4. The van der Waals surface area contributed by atoms with E-state index in [0.29, 0.717) is 22.7 Å². The lowest BCUT2D eigenvalue weighted by Gasteiger charge is -2.23. The smallest absolute Gasteiger partial charge is 0.394 e. The number of amides is 3. The average molecular weight is 1030 g/mol. The first kappa shape index (κ1) is 52.0. The lowest BCUT2D eigenvalue weighted by Crippen LogP contribution is -2.45. The van der Waals surface area contributed by atoms with Gasteiger partial charge in [0, 0.05) is 52.5 Å². The molecule has 0 fully saturated rings. The van der Waals surface area contributed by atoms with Crippen molar-refractivity contribution in [1.82, 2.24) is 35.2 Å². The molecular formula is C42H39ClF10N8O5S2. The van der Waals surface area contributed by atoms with Gasteiger partial charge in [0.25, 0.3) is 5.92 Å². The maximum Gasteiger partial charge on any atom is 0.435 e. The molecule has 2 unspecified atom stereocenters. The van der Waals surface area contributed by atoms with E-state index in [-0.39, 0.29) is 43.2 Å². The van der Waals surface area contributed by atoms with Crippen molar-refractivity contribution in [1.29, 1.82) is 0 Å². The molecule has 3 amide bonds. The maximum atomic E-state index is 15.1. The van der Waals surface area contributed by atoms with Gasteiger partial charge in [-0.3, -0.25) is 18.4 Å². The van der Waals surface area contributed by atoms with Crippen molar-refractivity contribution in [3.63, 3.8) is 0 Å². The van der Waals surface area contributed by atoms with Crippen LogP contribution in [0.15, 0.2) is 42.5 Å². The van der Waals surface area contributed by atoms with E-state index in [1.54, 1.807) is 13.8 Å². The predicted octanol–water partition coefficient (Wildman–Crippen LogP) is 7.60. The van der Waals surface area contributed by atoms with Crippen LogP contribution in [0.2, 0.25) is 5.02 Å². The third-order valence-corrected chi connectivity index (χ3v) is 13.1. The summed E-state index contributed by atoms with van der Waals surface area (Å²) in [6.07, 6.45) is -9.74. The summed E-state index contributed by atoms with van der Waals surface area (Å²) in [6, 6.07) is 3.42. The number of pyridine rings is 1. The number of aromatic nitrogens is 5. The molecule has 68 heavy (non-hydrogen) atoms. The van der Waals surface area contributed by atoms with Crippen LogP contribution < -0.4 is 14.9 Å². The van der Waals surface area contributed by atoms with Crippen LogP contribution in [0.4, 0.5) is 54.5 Å². The fourth-order valence-electron chi connectivity index (χ4n) is 7.32. The second-order valence-electron chi connectivity index (χ2n) is 15.9. The Morgan fingerprint density at radius 3 is 2.22 bits per heavy atom. The standard InChI is InChI=1S/C42H39ClF10N8O5S2/c1-39(2,68(4)66)11-9-24-5-6-26(27-7-8-29(43)32-34(27)60(20-41(48,49)50)58-37(32)61(67-3)38(65)55-25(18-62)19-63)33(54-24)30(15-21-13-22(44)16-23(45)14-21)56-31(64)17-59-36-28(10-12-40(36,46)47)35(57-59)42(51,52)53/h5-8,13-14,16,25,30,62-63H,10,12,15,17-20H2,1-4H3,(H,55,65)(H,56,64). The summed E-state index contributed by atoms with van der Waals surface area (Å²) in [5, 5.41) is 31.0. The number of aliphatic hydroxyl groups is 2. The van der Waals surface area contributed by atoms with Crippen LogP contribution in [-0.2, 0) is 53.6 Å². The van der Waals surface area contributed by atoms with Gasteiger partial charge in [0.1, 0.15) is 40.9 Å². The zero-order valence-corrected chi connectivity index (χ0v) is 38.3. The molecular weight excluding hydrogens is 986 g/mol. The summed E-state index contributed by atoms with van der Waals surface area (Å²) in [7, 11) is -1.54. The fourth-order valence-corrected chi connectivity index (χ4v) is 8.27. The van der Waals surface area contributed by atoms with E-state index < -0.39 is 143 Å². The van der Waals surface area contributed by atoms with Gasteiger partial charge < -0.3 is 20.8 Å². The summed E-state index contributed by atoms with van der Waals surface area (Å²) in [6.45, 7) is -1.42. The number of rotatable bonds is 14. The topological polar surface area (TPSA) is 168 Å². The molecule has 26 heteroatoms. The Balaban J connectivity index is 1.62. The molecule has 13 nitrogen and oxygen atoms in total. The summed E-state index contributed by atoms with van der Waals surface area (Å²) >= 11 is 7.34. The monoisotopic (exact) mass is 1020 g/mol. The number of urea groups is 1. The second kappa shape index (κ2) is 19.9. The number of fused-ring (bicyclic) bond motifs is 2. The molecule has 2 atom stereocenters. The Kier molecular flexibility index (Phi) is 15.2. The van der Waals surface area contributed by atoms with Gasteiger partial charge in [-0.1, -0.05) is 23.6 Å². The second-order valence-corrected chi connectivity index (χ2v) is 19.0. The summed E-state index contributed by atoms with van der Waals surface area (Å²) in [4.78, 5) is 32.2. The first-order valence-corrected chi connectivity index (χ1v) is 23.1. The highest BCUT2D eigenvalue weighted by atomic mass is 35.5. The number of hydrogen-bond acceptors (Lipinski definition) is 9. The molecule has 0 radical (unpaired) electrons. The van der Waals surface area contributed by atoms with E-state index in [2.05, 4.69) is 37.7 Å². The van der Waals surface area contributed by atoms with E-state index in [4.69, 9.17) is 11.6 Å². The lowest BCUT2D eigenvalue weighted by molar-refractivity contribution is -0.142. The highest BCUT2D eigenvalue weighted by Crippen LogP contribution is 2.47. The molecule has 3 heterocycles. The zero-order chi connectivity index (χ0) is 50.3. The van der Waals surface area contributed by atoms with Crippen LogP contribution in [0.5, 0.6) is 0 Å². The van der Waals surface area contributed by atoms with Gasteiger partial charge in [-0.05, 0) is 80.5 Å². The Labute approximate surface area is 392 Å². The minimum absolute atomic E-state index is 0.117. The van der Waals surface area contributed by atoms with Gasteiger partial charge in [-0.25, -0.2) is 22.9 Å². The molecule has 6 rings (SSSR count). The van der Waals surface area contributed by atoms with Crippen molar-refractivity contribution in [2.75, 3.05) is 30.0 Å². The normalized spacial score (nSPS) is 14.7. The van der Waals surface area contributed by atoms with Crippen LogP contribution in [0.25, 0.3) is 22.0 Å². The number of nitrogens with one attached hydrogen (secondary N) is 2. The van der Waals surface area contributed by atoms with Crippen LogP contribution in [-0.4, -0.2) is 93.6 Å². The molecule has 0 spiro atoms. The number of anilines is 1. The zero-order valence-electron chi connectivity index (χ0n) is 35.9. The molecule has 5 aromatic rings. The number of nitrogens with zero attached hydrogens (tertiary/aromatic N) is 6. The largest absolute Gasteiger partial charge is 0.435 e. The SMILES string of the molecule is CSN(C(=O)NC(CO)CO)c1nn(CC(F)(F)F)c2c(-c3ccc(C#CC(C)(C)S(C)=O)nc3C(Cc3cc(F)cc(F)c3)NC(=O)Cn3nc(C(F)(F)F)c4c3C(F)(F)CC4)ccc(Cl)c12. The Morgan fingerprint density at radius 1 is 0.985 bits per heavy atom. The van der Waals surface area contributed by atoms with E-state index in [1.807, 2.05) is 0 Å². The van der Waals surface area contributed by atoms with Gasteiger partial charge in [0.2, 0.25) is 5.91 Å². The number of carbonyl (C=O) groups excluding carboxylic acids is 2. The quantitative estimate of drug-likeness (QED) is 0.0498. The Bertz CT molecular complexity index is 2820. The van der Waals surface area contributed by atoms with Crippen molar-refractivity contribution in [2.24, 2.45) is 0 Å². The van der Waals surface area contributed by atoms with Crippen molar-refractivity contribution < 1.29 is 67.9 Å². The first-order valence-electron chi connectivity index (χ1n) is 20.0. The van der Waals surface area contributed by atoms with Crippen LogP contribution >= 0.6 is 23.5 Å². The maximum absolute atomic E-state index is 15.1. The minimum atomic E-state index is -5.18. The number of alkyl halides is 8. The summed E-state index contributed by atoms with van der Waals surface area (Å²) < 4.78 is 158. The number of carbonyl (C=O) groups is 2. The van der Waals surface area contributed by atoms with E-state index in [1.165, 1.54) is 36.8 Å². The molecule has 0 saturated heterocycles. The number of aliphatic hydroxyl groups excluding tert-OH is 2. The molecule has 3 aromatic heterocycles. The van der Waals surface area contributed by atoms with Crippen molar-refractivity contribution in [3.8, 4) is 23.0 Å². The predicted molar refractivity (Wildman–Crippen MR) is 232 cm³/mol. The Hall–Kier alpha value is -5.42. The highest BCUT2D eigenvalue weighted by molar-refractivity contribution is 8.00.